The zero-order valence-electron chi connectivity index (χ0n) is 21.0. The Bertz CT molecular complexity index is 1480. The first-order valence-corrected chi connectivity index (χ1v) is 12.4. The Morgan fingerprint density at radius 1 is 0.892 bits per heavy atom. The van der Waals surface area contributed by atoms with Gasteiger partial charge in [0.25, 0.3) is 0 Å². The second-order valence-corrected chi connectivity index (χ2v) is 9.83. The van der Waals surface area contributed by atoms with Crippen molar-refractivity contribution in [1.82, 2.24) is 14.9 Å². The zero-order valence-corrected chi connectivity index (χ0v) is 21.8. The summed E-state index contributed by atoms with van der Waals surface area (Å²) in [5, 5.41) is 3.98. The summed E-state index contributed by atoms with van der Waals surface area (Å²) >= 11 is 5.83. The molecule has 0 amide bonds. The number of para-hydroxylation sites is 1. The molecule has 2 aromatic carbocycles. The molecule has 0 bridgehead atoms. The maximum Gasteiger partial charge on any atom is 0.418 e. The van der Waals surface area contributed by atoms with Crippen molar-refractivity contribution in [2.75, 3.05) is 4.90 Å². The second-order valence-electron chi connectivity index (χ2n) is 9.44. The molecule has 1 aliphatic heterocycles. The van der Waals surface area contributed by atoms with Crippen LogP contribution in [-0.2, 0) is 6.18 Å². The number of hydrogen-bond acceptors (Lipinski definition) is 2. The molecule has 5 rings (SSSR count). The molecule has 8 heteroatoms. The minimum atomic E-state index is -4.47. The highest BCUT2D eigenvalue weighted by Crippen LogP contribution is 2.45. The summed E-state index contributed by atoms with van der Waals surface area (Å²) in [6.45, 7) is 7.81. The Balaban J connectivity index is 1.71. The third-order valence-electron chi connectivity index (χ3n) is 7.11. The van der Waals surface area contributed by atoms with Crippen molar-refractivity contribution in [2.45, 2.75) is 46.0 Å². The highest BCUT2D eigenvalue weighted by Gasteiger charge is 2.43. The number of halogens is 3. The minimum absolute atomic E-state index is 0.108. The topological polar surface area (TPSA) is 33.1 Å². The summed E-state index contributed by atoms with van der Waals surface area (Å²) < 4.78 is 43.5. The molecule has 1 aliphatic rings. The maximum atomic E-state index is 13.9. The van der Waals surface area contributed by atoms with Gasteiger partial charge in [-0.15, -0.1) is 0 Å². The fourth-order valence-electron chi connectivity index (χ4n) is 5.19. The van der Waals surface area contributed by atoms with E-state index >= 15 is 0 Å². The fourth-order valence-corrected chi connectivity index (χ4v) is 5.54. The van der Waals surface area contributed by atoms with E-state index < -0.39 is 11.7 Å². The van der Waals surface area contributed by atoms with Gasteiger partial charge in [0, 0.05) is 23.3 Å². The zero-order chi connectivity index (χ0) is 26.5. The smallest absolute Gasteiger partial charge is 0.351 e. The minimum Gasteiger partial charge on any atom is -0.351 e. The van der Waals surface area contributed by atoms with Crippen LogP contribution in [0.4, 0.5) is 18.9 Å². The SMILES string of the molecule is Cc1ccc(N2C(=S)N[C@H](c3ccccn3)[C@H]2c2cc(C)n(-c3ccccc3C(F)(F)F)c2C)cc1C. The molecule has 0 unspecified atom stereocenters. The first-order valence-electron chi connectivity index (χ1n) is 12.0. The highest BCUT2D eigenvalue weighted by atomic mass is 32.1. The van der Waals surface area contributed by atoms with Gasteiger partial charge in [0.15, 0.2) is 5.11 Å². The number of thiocarbonyl (C=S) groups is 1. The summed E-state index contributed by atoms with van der Waals surface area (Å²) in [4.78, 5) is 6.65. The van der Waals surface area contributed by atoms with Crippen molar-refractivity contribution in [1.29, 1.82) is 0 Å². The van der Waals surface area contributed by atoms with Crippen LogP contribution in [0.5, 0.6) is 0 Å². The third kappa shape index (κ3) is 4.39. The first-order chi connectivity index (χ1) is 17.6. The van der Waals surface area contributed by atoms with E-state index in [4.69, 9.17) is 12.2 Å². The quantitative estimate of drug-likeness (QED) is 0.286. The fraction of sp³-hybridized carbons (Fsp3) is 0.241. The van der Waals surface area contributed by atoms with Gasteiger partial charge in [0.1, 0.15) is 0 Å². The Labute approximate surface area is 219 Å². The number of aryl methyl sites for hydroxylation is 3. The monoisotopic (exact) mass is 520 g/mol. The van der Waals surface area contributed by atoms with Crippen LogP contribution in [0.3, 0.4) is 0 Å². The molecule has 0 aliphatic carbocycles. The Hall–Kier alpha value is -3.65. The Morgan fingerprint density at radius 3 is 2.30 bits per heavy atom. The molecule has 0 saturated carbocycles. The van der Waals surface area contributed by atoms with E-state index in [1.54, 1.807) is 16.8 Å². The van der Waals surface area contributed by atoms with E-state index in [-0.39, 0.29) is 17.8 Å². The van der Waals surface area contributed by atoms with Crippen molar-refractivity contribution in [3.05, 3.63) is 112 Å². The predicted octanol–water partition coefficient (Wildman–Crippen LogP) is 7.30. The number of aromatic nitrogens is 2. The summed E-state index contributed by atoms with van der Waals surface area (Å²) in [6.07, 6.45) is -2.74. The summed E-state index contributed by atoms with van der Waals surface area (Å²) in [5.74, 6) is 0. The van der Waals surface area contributed by atoms with Gasteiger partial charge in [-0.3, -0.25) is 4.98 Å². The number of pyridine rings is 1. The largest absolute Gasteiger partial charge is 0.418 e. The molecule has 1 N–H and O–H groups in total. The van der Waals surface area contributed by atoms with Crippen LogP contribution in [0.25, 0.3) is 5.69 Å². The normalized spacial score (nSPS) is 17.8. The lowest BCUT2D eigenvalue weighted by atomic mass is 9.96. The average Bonchev–Trinajstić information content (AvgIpc) is 3.36. The highest BCUT2D eigenvalue weighted by molar-refractivity contribution is 7.80. The molecule has 3 heterocycles. The lowest BCUT2D eigenvalue weighted by Crippen LogP contribution is -2.29. The molecule has 4 aromatic rings. The molecule has 2 aromatic heterocycles. The van der Waals surface area contributed by atoms with Crippen LogP contribution < -0.4 is 10.2 Å². The van der Waals surface area contributed by atoms with Crippen LogP contribution in [-0.4, -0.2) is 14.7 Å². The molecule has 4 nitrogen and oxygen atoms in total. The van der Waals surface area contributed by atoms with Crippen molar-refractivity contribution >= 4 is 23.0 Å². The average molecular weight is 521 g/mol. The molecular weight excluding hydrogens is 493 g/mol. The van der Waals surface area contributed by atoms with Gasteiger partial charge in [0.2, 0.25) is 0 Å². The van der Waals surface area contributed by atoms with Crippen LogP contribution in [0.15, 0.2) is 72.9 Å². The molecule has 2 atom stereocenters. The first kappa shape index (κ1) is 25.0. The molecular formula is C29H27F3N4S. The van der Waals surface area contributed by atoms with Crippen molar-refractivity contribution in [3.8, 4) is 5.69 Å². The maximum absolute atomic E-state index is 13.9. The standard InChI is InChI=1S/C29H27F3N4S/c1-17-12-13-21(15-18(17)2)36-27(26(34-28(36)37)24-10-7-8-14-33-24)22-16-19(3)35(20(22)4)25-11-6-5-9-23(25)29(30,31)32/h5-16,26-27H,1-4H3,(H,34,37)/t26-,27-/m1/s1. The molecule has 0 spiro atoms. The number of hydrogen-bond donors (Lipinski definition) is 1. The number of nitrogens with one attached hydrogen (secondary N) is 1. The molecule has 190 valence electrons. The number of rotatable bonds is 4. The third-order valence-corrected chi connectivity index (χ3v) is 7.42. The molecule has 1 fully saturated rings. The van der Waals surface area contributed by atoms with E-state index in [0.717, 1.165) is 34.3 Å². The van der Waals surface area contributed by atoms with Crippen LogP contribution >= 0.6 is 12.2 Å². The van der Waals surface area contributed by atoms with E-state index in [0.29, 0.717) is 10.8 Å². The van der Waals surface area contributed by atoms with Gasteiger partial charge in [-0.2, -0.15) is 13.2 Å². The predicted molar refractivity (Wildman–Crippen MR) is 144 cm³/mol. The lowest BCUT2D eigenvalue weighted by Gasteiger charge is -2.29. The van der Waals surface area contributed by atoms with E-state index in [2.05, 4.69) is 41.2 Å². The van der Waals surface area contributed by atoms with Crippen LogP contribution in [0, 0.1) is 27.7 Å². The number of alkyl halides is 3. The van der Waals surface area contributed by atoms with Crippen molar-refractivity contribution in [2.24, 2.45) is 0 Å². The summed E-state index contributed by atoms with van der Waals surface area (Å²) in [7, 11) is 0. The lowest BCUT2D eigenvalue weighted by molar-refractivity contribution is -0.137. The molecule has 1 saturated heterocycles. The summed E-state index contributed by atoms with van der Waals surface area (Å²) in [6, 6.07) is 18.9. The van der Waals surface area contributed by atoms with E-state index in [1.165, 1.54) is 17.7 Å². The van der Waals surface area contributed by atoms with Crippen LogP contribution in [0.2, 0.25) is 0 Å². The van der Waals surface area contributed by atoms with Crippen LogP contribution in [0.1, 0.15) is 51.4 Å². The summed E-state index contributed by atoms with van der Waals surface area (Å²) in [5.41, 5.74) is 5.78. The number of anilines is 1. The number of benzene rings is 2. The van der Waals surface area contributed by atoms with Gasteiger partial charge in [-0.1, -0.05) is 24.3 Å². The van der Waals surface area contributed by atoms with Crippen molar-refractivity contribution in [3.63, 3.8) is 0 Å². The van der Waals surface area contributed by atoms with Crippen molar-refractivity contribution < 1.29 is 13.2 Å². The van der Waals surface area contributed by atoms with Gasteiger partial charge in [-0.05, 0) is 99.1 Å². The Kier molecular flexibility index (Phi) is 6.31. The molecule has 0 radical (unpaired) electrons. The van der Waals surface area contributed by atoms with Gasteiger partial charge < -0.3 is 14.8 Å². The Morgan fingerprint density at radius 2 is 1.62 bits per heavy atom. The molecule has 37 heavy (non-hydrogen) atoms. The van der Waals surface area contributed by atoms with Gasteiger partial charge >= 0.3 is 6.18 Å². The van der Waals surface area contributed by atoms with Gasteiger partial charge in [0.05, 0.1) is 29.0 Å². The van der Waals surface area contributed by atoms with E-state index in [1.807, 2.05) is 44.2 Å². The number of nitrogens with zero attached hydrogens (tertiary/aromatic N) is 3. The van der Waals surface area contributed by atoms with Gasteiger partial charge in [-0.25, -0.2) is 0 Å². The van der Waals surface area contributed by atoms with E-state index in [9.17, 15) is 13.2 Å². The second kappa shape index (κ2) is 9.34.